The van der Waals surface area contributed by atoms with E-state index in [4.69, 9.17) is 4.74 Å². The van der Waals surface area contributed by atoms with Crippen LogP contribution in [0.2, 0.25) is 0 Å². The van der Waals surface area contributed by atoms with Crippen LogP contribution in [-0.4, -0.2) is 0 Å². The Labute approximate surface area is 209 Å². The minimum absolute atomic E-state index is 0.513. The second-order valence-corrected chi connectivity index (χ2v) is 9.64. The summed E-state index contributed by atoms with van der Waals surface area (Å²) < 4.78 is 8.24. The van der Waals surface area contributed by atoms with Crippen molar-refractivity contribution in [2.75, 3.05) is 0 Å². The molecule has 4 aromatic rings. The molecule has 0 bridgehead atoms. The van der Waals surface area contributed by atoms with Crippen molar-refractivity contribution in [3.63, 3.8) is 0 Å². The van der Waals surface area contributed by atoms with Gasteiger partial charge < -0.3 is 4.74 Å². The summed E-state index contributed by atoms with van der Waals surface area (Å²) in [4.78, 5) is 0. The van der Waals surface area contributed by atoms with E-state index < -0.39 is 0 Å². The minimum Gasteiger partial charge on any atom is -0.487 e. The van der Waals surface area contributed by atoms with E-state index in [1.54, 1.807) is 0 Å². The summed E-state index contributed by atoms with van der Waals surface area (Å²) in [6, 6.07) is 29.2. The van der Waals surface area contributed by atoms with Crippen LogP contribution in [0.3, 0.4) is 0 Å². The Kier molecular flexibility index (Phi) is 6.93. The average Bonchev–Trinajstić information content (AvgIpc) is 2.77. The normalized spacial score (nSPS) is 11.4. The maximum absolute atomic E-state index is 9.64. The van der Waals surface area contributed by atoms with Crippen molar-refractivity contribution in [1.29, 1.82) is 5.26 Å². The van der Waals surface area contributed by atoms with E-state index in [0.29, 0.717) is 12.2 Å². The molecule has 0 aliphatic heterocycles. The fourth-order valence-electron chi connectivity index (χ4n) is 3.36. The van der Waals surface area contributed by atoms with Gasteiger partial charge in [-0.05, 0) is 104 Å². The predicted octanol–water partition coefficient (Wildman–Crippen LogP) is 8.00. The molecule has 0 aliphatic carbocycles. The first-order chi connectivity index (χ1) is 15.0. The van der Waals surface area contributed by atoms with E-state index in [0.717, 1.165) is 29.6 Å². The highest BCUT2D eigenvalue weighted by atomic mass is 127. The van der Waals surface area contributed by atoms with Gasteiger partial charge in [0.15, 0.2) is 0 Å². The largest absolute Gasteiger partial charge is 0.487 e. The molecular weight excluding hydrogens is 608 g/mol. The molecule has 0 fully saturated rings. The van der Waals surface area contributed by atoms with E-state index in [2.05, 4.69) is 106 Å². The zero-order chi connectivity index (χ0) is 21.8. The summed E-state index contributed by atoms with van der Waals surface area (Å²) in [5.41, 5.74) is 4.88. The fraction of sp³-hybridized carbons (Fsp3) is 0.0741. The van der Waals surface area contributed by atoms with Crippen LogP contribution in [0.15, 0.2) is 78.9 Å². The highest BCUT2D eigenvalue weighted by Gasteiger charge is 2.10. The molecule has 152 valence electrons. The highest BCUT2D eigenvalue weighted by Crippen LogP contribution is 2.31. The minimum atomic E-state index is 0.513. The summed E-state index contributed by atoms with van der Waals surface area (Å²) in [5.74, 6) is 0.875. The Balaban J connectivity index is 1.56. The number of nitrogens with zero attached hydrogens (tertiary/aromatic N) is 1. The number of allylic oxidation sites excluding steroid dienone is 1. The number of aryl methyl sites for hydroxylation is 1. The van der Waals surface area contributed by atoms with Crippen molar-refractivity contribution in [2.24, 2.45) is 0 Å². The first-order valence-corrected chi connectivity index (χ1v) is 12.0. The maximum Gasteiger partial charge on any atom is 0.146 e. The lowest BCUT2D eigenvalue weighted by Crippen LogP contribution is -1.99. The Morgan fingerprint density at radius 2 is 1.58 bits per heavy atom. The quantitative estimate of drug-likeness (QED) is 0.128. The van der Waals surface area contributed by atoms with Gasteiger partial charge in [-0.2, -0.15) is 5.26 Å². The summed E-state index contributed by atoms with van der Waals surface area (Å²) in [6.45, 7) is 2.56. The SMILES string of the molecule is Cc1ccc(/C(C#N)=C\c2cc(I)c(OCc3ccc4ccccc4c3)c(I)c2)cc1. The molecule has 0 unspecified atom stereocenters. The van der Waals surface area contributed by atoms with Crippen molar-refractivity contribution in [3.8, 4) is 11.8 Å². The van der Waals surface area contributed by atoms with Crippen LogP contribution in [-0.2, 0) is 6.61 Å². The molecule has 4 rings (SSSR count). The molecule has 2 nitrogen and oxygen atoms in total. The molecule has 0 atom stereocenters. The molecular formula is C27H19I2NO. The Hall–Kier alpha value is -2.37. The summed E-state index contributed by atoms with van der Waals surface area (Å²) >= 11 is 4.61. The number of benzene rings is 4. The Morgan fingerprint density at radius 1 is 0.903 bits per heavy atom. The molecule has 31 heavy (non-hydrogen) atoms. The number of hydrogen-bond acceptors (Lipinski definition) is 2. The third-order valence-electron chi connectivity index (χ3n) is 5.01. The van der Waals surface area contributed by atoms with Gasteiger partial charge in [-0.3, -0.25) is 0 Å². The topological polar surface area (TPSA) is 33.0 Å². The lowest BCUT2D eigenvalue weighted by atomic mass is 10.0. The van der Waals surface area contributed by atoms with Crippen LogP contribution in [0, 0.1) is 25.4 Å². The van der Waals surface area contributed by atoms with Crippen molar-refractivity contribution in [1.82, 2.24) is 0 Å². The lowest BCUT2D eigenvalue weighted by molar-refractivity contribution is 0.302. The number of ether oxygens (including phenoxy) is 1. The van der Waals surface area contributed by atoms with Gasteiger partial charge in [0.25, 0.3) is 0 Å². The van der Waals surface area contributed by atoms with Crippen molar-refractivity contribution >= 4 is 67.6 Å². The van der Waals surface area contributed by atoms with Gasteiger partial charge in [0.05, 0.1) is 18.8 Å². The van der Waals surface area contributed by atoms with Crippen molar-refractivity contribution in [2.45, 2.75) is 13.5 Å². The number of nitriles is 1. The molecule has 0 spiro atoms. The van der Waals surface area contributed by atoms with Gasteiger partial charge >= 0.3 is 0 Å². The van der Waals surface area contributed by atoms with Crippen LogP contribution in [0.5, 0.6) is 5.75 Å². The molecule has 0 saturated heterocycles. The summed E-state index contributed by atoms with van der Waals surface area (Å²) in [7, 11) is 0. The third-order valence-corrected chi connectivity index (χ3v) is 6.61. The molecule has 0 aromatic heterocycles. The summed E-state index contributed by atoms with van der Waals surface area (Å²) in [5, 5.41) is 12.1. The number of fused-ring (bicyclic) bond motifs is 1. The Morgan fingerprint density at radius 3 is 2.26 bits per heavy atom. The standard InChI is InChI=1S/C27H19I2NO/c1-18-6-9-22(10-7-18)24(16-30)13-20-14-25(28)27(26(29)15-20)31-17-19-8-11-21-4-2-3-5-23(21)12-19/h2-15H,17H2,1H3/b24-13-. The monoisotopic (exact) mass is 627 g/mol. The Bertz CT molecular complexity index is 1290. The molecule has 4 aromatic carbocycles. The van der Waals surface area contributed by atoms with Gasteiger partial charge in [-0.15, -0.1) is 0 Å². The van der Waals surface area contributed by atoms with Crippen LogP contribution in [0.25, 0.3) is 22.4 Å². The van der Waals surface area contributed by atoms with Gasteiger partial charge in [0.2, 0.25) is 0 Å². The van der Waals surface area contributed by atoms with E-state index in [1.165, 1.54) is 16.3 Å². The lowest BCUT2D eigenvalue weighted by Gasteiger charge is -2.12. The van der Waals surface area contributed by atoms with Gasteiger partial charge in [-0.1, -0.05) is 66.2 Å². The zero-order valence-corrected chi connectivity index (χ0v) is 21.2. The molecule has 0 saturated carbocycles. The van der Waals surface area contributed by atoms with Gasteiger partial charge in [0.1, 0.15) is 12.4 Å². The second kappa shape index (κ2) is 9.84. The number of halogens is 2. The van der Waals surface area contributed by atoms with Gasteiger partial charge in [-0.25, -0.2) is 0 Å². The number of rotatable bonds is 5. The average molecular weight is 627 g/mol. The van der Waals surface area contributed by atoms with E-state index >= 15 is 0 Å². The van der Waals surface area contributed by atoms with E-state index in [-0.39, 0.29) is 0 Å². The molecule has 0 amide bonds. The first-order valence-electron chi connectivity index (χ1n) is 9.82. The highest BCUT2D eigenvalue weighted by molar-refractivity contribution is 14.1. The van der Waals surface area contributed by atoms with Crippen molar-refractivity contribution in [3.05, 3.63) is 108 Å². The van der Waals surface area contributed by atoms with Crippen LogP contribution in [0.1, 0.15) is 22.3 Å². The van der Waals surface area contributed by atoms with Crippen LogP contribution >= 0.6 is 45.2 Å². The van der Waals surface area contributed by atoms with Crippen molar-refractivity contribution < 1.29 is 4.74 Å². The van der Waals surface area contributed by atoms with Crippen LogP contribution in [0.4, 0.5) is 0 Å². The molecule has 4 heteroatoms. The first kappa shape index (κ1) is 21.8. The predicted molar refractivity (Wildman–Crippen MR) is 145 cm³/mol. The molecule has 0 radical (unpaired) electrons. The van der Waals surface area contributed by atoms with Gasteiger partial charge in [0, 0.05) is 0 Å². The summed E-state index contributed by atoms with van der Waals surface area (Å²) in [6.07, 6.45) is 1.93. The third kappa shape index (κ3) is 5.28. The number of hydrogen-bond donors (Lipinski definition) is 0. The van der Waals surface area contributed by atoms with Crippen LogP contribution < -0.4 is 4.74 Å². The van der Waals surface area contributed by atoms with E-state index in [1.807, 2.05) is 37.3 Å². The maximum atomic E-state index is 9.64. The molecule has 0 heterocycles. The van der Waals surface area contributed by atoms with E-state index in [9.17, 15) is 5.26 Å². The fourth-order valence-corrected chi connectivity index (χ4v) is 5.49. The molecule has 0 aliphatic rings. The zero-order valence-electron chi connectivity index (χ0n) is 16.9. The molecule has 0 N–H and O–H groups in total. The smallest absolute Gasteiger partial charge is 0.146 e. The second-order valence-electron chi connectivity index (χ2n) is 7.32.